The maximum absolute atomic E-state index is 10.2. The lowest BCUT2D eigenvalue weighted by molar-refractivity contribution is -0.111. The number of hydrogen-bond donors (Lipinski definition) is 0. The fourth-order valence-electron chi connectivity index (χ4n) is 0.724. The maximum Gasteiger partial charge on any atom is 0.354 e. The fourth-order valence-corrected chi connectivity index (χ4v) is 0.724. The quantitative estimate of drug-likeness (QED) is 0.381. The van der Waals surface area contributed by atoms with E-state index in [0.29, 0.717) is 0 Å². The highest BCUT2D eigenvalue weighted by molar-refractivity contribution is 5.62. The van der Waals surface area contributed by atoms with Gasteiger partial charge in [0.2, 0.25) is 0 Å². The third-order valence-corrected chi connectivity index (χ3v) is 1.32. The van der Waals surface area contributed by atoms with Gasteiger partial charge < -0.3 is 12.4 Å². The summed E-state index contributed by atoms with van der Waals surface area (Å²) in [6, 6.07) is 9.48. The van der Waals surface area contributed by atoms with Crippen molar-refractivity contribution in [1.29, 1.82) is 0 Å². The average molecular weight is 171 g/mol. The summed E-state index contributed by atoms with van der Waals surface area (Å²) in [6.07, 6.45) is 0.787. The first-order valence-electron chi connectivity index (χ1n) is 3.08. The van der Waals surface area contributed by atoms with Crippen LogP contribution in [0.1, 0.15) is 0 Å². The van der Waals surface area contributed by atoms with Crippen LogP contribution in [0.4, 0.5) is 5.69 Å². The molecule has 1 aromatic carbocycles. The predicted molar refractivity (Wildman–Crippen MR) is 40.2 cm³/mol. The zero-order chi connectivity index (χ0) is 7.40. The molecule has 11 heavy (non-hydrogen) atoms. The van der Waals surface area contributed by atoms with Gasteiger partial charge in [-0.3, -0.25) is 0 Å². The van der Waals surface area contributed by atoms with Gasteiger partial charge in [-0.2, -0.15) is 0 Å². The van der Waals surface area contributed by atoms with E-state index >= 15 is 0 Å². The van der Waals surface area contributed by atoms with Gasteiger partial charge in [0.05, 0.1) is 0 Å². The molecule has 0 saturated carbocycles. The summed E-state index contributed by atoms with van der Waals surface area (Å²) in [7, 11) is 1.72. The van der Waals surface area contributed by atoms with Crippen LogP contribution in [-0.4, -0.2) is 13.5 Å². The molecule has 0 saturated heterocycles. The Morgan fingerprint density at radius 1 is 1.27 bits per heavy atom. The van der Waals surface area contributed by atoms with Crippen molar-refractivity contribution in [3.8, 4) is 0 Å². The van der Waals surface area contributed by atoms with Gasteiger partial charge in [-0.25, -0.2) is 4.79 Å². The zero-order valence-corrected chi connectivity index (χ0v) is 6.95. The van der Waals surface area contributed by atoms with Gasteiger partial charge in [-0.05, 0) is 0 Å². The van der Waals surface area contributed by atoms with Crippen LogP contribution in [-0.2, 0) is 4.79 Å². The fraction of sp³-hybridized carbons (Fsp3) is 0.125. The van der Waals surface area contributed by atoms with Gasteiger partial charge in [0.25, 0.3) is 0 Å². The molecule has 1 radical (unpaired) electrons. The van der Waals surface area contributed by atoms with Crippen LogP contribution >= 0.6 is 0 Å². The summed E-state index contributed by atoms with van der Waals surface area (Å²) >= 11 is 0. The highest BCUT2D eigenvalue weighted by Crippen LogP contribution is 2.07. The van der Waals surface area contributed by atoms with E-state index in [0.717, 1.165) is 12.1 Å². The number of nitrogens with zero attached hydrogens (tertiary/aromatic N) is 1. The van der Waals surface area contributed by atoms with Crippen LogP contribution in [0.3, 0.4) is 0 Å². The number of halogens is 1. The molecule has 59 valence electrons. The van der Waals surface area contributed by atoms with Gasteiger partial charge in [0, 0.05) is 12.1 Å². The van der Waals surface area contributed by atoms with Crippen molar-refractivity contribution >= 4 is 12.1 Å². The summed E-state index contributed by atoms with van der Waals surface area (Å²) in [4.78, 5) is 11.8. The van der Waals surface area contributed by atoms with Crippen molar-refractivity contribution in [3.05, 3.63) is 30.3 Å². The molecule has 3 heteroatoms. The molecule has 0 N–H and O–H groups in total. The Kier molecular flexibility index (Phi) is 4.50. The summed E-state index contributed by atoms with van der Waals surface area (Å²) in [5.41, 5.74) is 0.914. The molecule has 0 fully saturated rings. The lowest BCUT2D eigenvalue weighted by atomic mass is 10.3. The van der Waals surface area contributed by atoms with E-state index in [1.165, 1.54) is 4.90 Å². The number of rotatable bonds is 2. The number of hydrogen-bond acceptors (Lipinski definition) is 1. The van der Waals surface area contributed by atoms with Crippen LogP contribution in [0.2, 0.25) is 0 Å². The minimum Gasteiger partial charge on any atom is -1.00 e. The molecule has 0 heterocycles. The first kappa shape index (κ1) is 10.1. The monoisotopic (exact) mass is 170 g/mol. The normalized spacial score (nSPS) is 8.91. The first-order valence-corrected chi connectivity index (χ1v) is 3.08. The second kappa shape index (κ2) is 4.88. The SMILES string of the molecule is C[N+](C=O)c1ccccc1.[Cl-]. The van der Waals surface area contributed by atoms with Crippen LogP contribution in [0.15, 0.2) is 30.3 Å². The molecule has 0 aromatic heterocycles. The number of amides is 1. The Balaban J connectivity index is 0.000001000. The molecular weight excluding hydrogens is 162 g/mol. The van der Waals surface area contributed by atoms with E-state index in [9.17, 15) is 4.79 Å². The number of anilines is 1. The molecule has 0 aliphatic rings. The average Bonchev–Trinajstić information content (AvgIpc) is 2.05. The Labute approximate surface area is 72.2 Å². The smallest absolute Gasteiger partial charge is 0.354 e. The minimum atomic E-state index is 0. The van der Waals surface area contributed by atoms with Crippen LogP contribution in [0.25, 0.3) is 0 Å². The molecule has 0 spiro atoms. The standard InChI is InChI=1S/C8H9NO.ClH/c1-9(7-10)8-5-3-2-4-6-8;/h2-7H,1H3;1H/q+1;/p-1. The molecule has 1 rings (SSSR count). The maximum atomic E-state index is 10.2. The minimum absolute atomic E-state index is 0. The molecule has 0 unspecified atom stereocenters. The molecule has 0 aliphatic heterocycles. The second-order valence-electron chi connectivity index (χ2n) is 2.05. The lowest BCUT2D eigenvalue weighted by Gasteiger charge is -1.93. The van der Waals surface area contributed by atoms with Crippen molar-refractivity contribution in [2.45, 2.75) is 0 Å². The lowest BCUT2D eigenvalue weighted by Crippen LogP contribution is -3.00. The van der Waals surface area contributed by atoms with Crippen molar-refractivity contribution < 1.29 is 17.2 Å². The van der Waals surface area contributed by atoms with E-state index < -0.39 is 0 Å². The number of carbonyl (C=O) groups is 1. The van der Waals surface area contributed by atoms with Crippen molar-refractivity contribution in [1.82, 2.24) is 4.90 Å². The summed E-state index contributed by atoms with van der Waals surface area (Å²) < 4.78 is 0. The van der Waals surface area contributed by atoms with Gasteiger partial charge in [-0.1, -0.05) is 23.1 Å². The molecule has 1 aromatic rings. The van der Waals surface area contributed by atoms with Crippen LogP contribution < -0.4 is 17.3 Å². The van der Waals surface area contributed by atoms with Gasteiger partial charge in [0.15, 0.2) is 5.69 Å². The molecular formula is C8H9ClNO. The van der Waals surface area contributed by atoms with Crippen LogP contribution in [0, 0.1) is 0 Å². The summed E-state index contributed by atoms with van der Waals surface area (Å²) in [5, 5.41) is 0. The van der Waals surface area contributed by atoms with Gasteiger partial charge in [-0.15, -0.1) is 0 Å². The number of benzene rings is 1. The van der Waals surface area contributed by atoms with Crippen molar-refractivity contribution in [2.75, 3.05) is 7.05 Å². The van der Waals surface area contributed by atoms with E-state index in [4.69, 9.17) is 0 Å². The zero-order valence-electron chi connectivity index (χ0n) is 6.20. The number of carbonyl (C=O) groups excluding carboxylic acids is 1. The molecule has 0 aliphatic carbocycles. The van der Waals surface area contributed by atoms with Crippen LogP contribution in [0.5, 0.6) is 0 Å². The molecule has 2 nitrogen and oxygen atoms in total. The Hall–Kier alpha value is -0.860. The Morgan fingerprint density at radius 2 is 1.82 bits per heavy atom. The highest BCUT2D eigenvalue weighted by atomic mass is 35.5. The summed E-state index contributed by atoms with van der Waals surface area (Å²) in [5.74, 6) is 0. The topological polar surface area (TPSA) is 23.0 Å². The van der Waals surface area contributed by atoms with Crippen molar-refractivity contribution in [3.63, 3.8) is 0 Å². The van der Waals surface area contributed by atoms with E-state index in [-0.39, 0.29) is 12.4 Å². The Bertz CT molecular complexity index is 213. The molecule has 0 bridgehead atoms. The van der Waals surface area contributed by atoms with E-state index in [2.05, 4.69) is 0 Å². The summed E-state index contributed by atoms with van der Waals surface area (Å²) in [6.45, 7) is 0. The second-order valence-corrected chi connectivity index (χ2v) is 2.05. The van der Waals surface area contributed by atoms with Gasteiger partial charge in [0.1, 0.15) is 7.05 Å². The predicted octanol–water partition coefficient (Wildman–Crippen LogP) is -1.75. The Morgan fingerprint density at radius 3 is 2.27 bits per heavy atom. The highest BCUT2D eigenvalue weighted by Gasteiger charge is 2.07. The molecule has 1 amide bonds. The third kappa shape index (κ3) is 2.70. The molecule has 0 atom stereocenters. The van der Waals surface area contributed by atoms with E-state index in [1.54, 1.807) is 7.05 Å². The van der Waals surface area contributed by atoms with E-state index in [1.807, 2.05) is 30.3 Å². The third-order valence-electron chi connectivity index (χ3n) is 1.32. The van der Waals surface area contributed by atoms with Crippen molar-refractivity contribution in [2.24, 2.45) is 0 Å². The largest absolute Gasteiger partial charge is 1.00 e. The first-order chi connectivity index (χ1) is 4.84. The van der Waals surface area contributed by atoms with Gasteiger partial charge >= 0.3 is 6.41 Å². The number of para-hydroxylation sites is 1.